The number of rotatable bonds is 1. The number of halogens is 1. The van der Waals surface area contributed by atoms with E-state index in [1.807, 2.05) is 6.92 Å². The van der Waals surface area contributed by atoms with Gasteiger partial charge in [-0.05, 0) is 32.9 Å². The molecule has 1 saturated heterocycles. The topological polar surface area (TPSA) is 51.0 Å². The van der Waals surface area contributed by atoms with E-state index in [0.717, 1.165) is 37.6 Å². The second kappa shape index (κ2) is 4.28. The van der Waals surface area contributed by atoms with Crippen molar-refractivity contribution in [3.05, 3.63) is 11.7 Å². The summed E-state index contributed by atoms with van der Waals surface area (Å²) in [5.41, 5.74) is 0.0898. The normalized spacial score (nSPS) is 20.1. The highest BCUT2D eigenvalue weighted by atomic mass is 35.5. The second-order valence-corrected chi connectivity index (χ2v) is 3.96. The average molecular weight is 218 g/mol. The standard InChI is InChI=1S/C9H15N3O.ClH/c1-7-11-8(13-12-7)9(2)3-5-10-6-4-9;/h10H,3-6H2,1-2H3;1H. The molecule has 0 unspecified atom stereocenters. The van der Waals surface area contributed by atoms with Crippen LogP contribution in [0.2, 0.25) is 0 Å². The molecule has 1 aromatic heterocycles. The van der Waals surface area contributed by atoms with Crippen LogP contribution in [0.3, 0.4) is 0 Å². The van der Waals surface area contributed by atoms with Crippen LogP contribution in [-0.2, 0) is 5.41 Å². The summed E-state index contributed by atoms with van der Waals surface area (Å²) in [5.74, 6) is 1.53. The molecule has 14 heavy (non-hydrogen) atoms. The van der Waals surface area contributed by atoms with Crippen molar-refractivity contribution >= 4 is 12.4 Å². The van der Waals surface area contributed by atoms with Gasteiger partial charge in [0.25, 0.3) is 0 Å². The highest BCUT2D eigenvalue weighted by Crippen LogP contribution is 2.31. The van der Waals surface area contributed by atoms with Crippen molar-refractivity contribution in [2.45, 2.75) is 32.1 Å². The van der Waals surface area contributed by atoms with Crippen molar-refractivity contribution in [3.63, 3.8) is 0 Å². The molecule has 0 spiro atoms. The summed E-state index contributed by atoms with van der Waals surface area (Å²) in [6.45, 7) is 6.13. The van der Waals surface area contributed by atoms with E-state index in [0.29, 0.717) is 0 Å². The lowest BCUT2D eigenvalue weighted by atomic mass is 9.81. The molecule has 5 heteroatoms. The summed E-state index contributed by atoms with van der Waals surface area (Å²) in [7, 11) is 0. The molecular formula is C9H16ClN3O. The van der Waals surface area contributed by atoms with Gasteiger partial charge in [-0.25, -0.2) is 0 Å². The number of piperidine rings is 1. The first-order chi connectivity index (χ1) is 6.21. The average Bonchev–Trinajstić information content (AvgIpc) is 2.54. The highest BCUT2D eigenvalue weighted by molar-refractivity contribution is 5.85. The smallest absolute Gasteiger partial charge is 0.232 e. The highest BCUT2D eigenvalue weighted by Gasteiger charge is 2.33. The van der Waals surface area contributed by atoms with Gasteiger partial charge in [0, 0.05) is 5.41 Å². The van der Waals surface area contributed by atoms with Crippen LogP contribution in [0, 0.1) is 6.92 Å². The molecule has 80 valence electrons. The minimum Gasteiger partial charge on any atom is -0.339 e. The third-order valence-corrected chi connectivity index (χ3v) is 2.75. The third kappa shape index (κ3) is 2.07. The van der Waals surface area contributed by atoms with Crippen LogP contribution in [0.4, 0.5) is 0 Å². The van der Waals surface area contributed by atoms with Crippen LogP contribution < -0.4 is 5.32 Å². The molecule has 0 radical (unpaired) electrons. The second-order valence-electron chi connectivity index (χ2n) is 3.96. The molecule has 0 amide bonds. The molecule has 1 aliphatic heterocycles. The van der Waals surface area contributed by atoms with Gasteiger partial charge in [-0.1, -0.05) is 12.1 Å². The lowest BCUT2D eigenvalue weighted by molar-refractivity contribution is 0.241. The van der Waals surface area contributed by atoms with E-state index < -0.39 is 0 Å². The molecule has 1 fully saturated rings. The predicted octanol–water partition coefficient (Wildman–Crippen LogP) is 1.44. The van der Waals surface area contributed by atoms with Gasteiger partial charge in [-0.2, -0.15) is 4.98 Å². The van der Waals surface area contributed by atoms with E-state index in [4.69, 9.17) is 4.52 Å². The van der Waals surface area contributed by atoms with E-state index in [2.05, 4.69) is 22.4 Å². The monoisotopic (exact) mass is 217 g/mol. The molecule has 1 aliphatic rings. The fourth-order valence-corrected chi connectivity index (χ4v) is 1.73. The number of hydrogen-bond donors (Lipinski definition) is 1. The van der Waals surface area contributed by atoms with Gasteiger partial charge >= 0.3 is 0 Å². The van der Waals surface area contributed by atoms with Gasteiger partial charge in [-0.15, -0.1) is 12.4 Å². The summed E-state index contributed by atoms with van der Waals surface area (Å²) in [5, 5.41) is 7.16. The van der Waals surface area contributed by atoms with Crippen LogP contribution in [-0.4, -0.2) is 23.2 Å². The molecule has 0 atom stereocenters. The molecule has 0 aliphatic carbocycles. The van der Waals surface area contributed by atoms with Gasteiger partial charge in [0.1, 0.15) is 0 Å². The Balaban J connectivity index is 0.000000980. The minimum absolute atomic E-state index is 0. The van der Waals surface area contributed by atoms with E-state index in [1.165, 1.54) is 0 Å². The Morgan fingerprint density at radius 3 is 2.50 bits per heavy atom. The van der Waals surface area contributed by atoms with Crippen LogP contribution >= 0.6 is 12.4 Å². The van der Waals surface area contributed by atoms with Crippen molar-refractivity contribution in [2.75, 3.05) is 13.1 Å². The molecule has 0 bridgehead atoms. The van der Waals surface area contributed by atoms with Crippen molar-refractivity contribution in [1.82, 2.24) is 15.5 Å². The third-order valence-electron chi connectivity index (χ3n) is 2.75. The Morgan fingerprint density at radius 2 is 2.00 bits per heavy atom. The maximum atomic E-state index is 5.22. The van der Waals surface area contributed by atoms with Crippen molar-refractivity contribution in [2.24, 2.45) is 0 Å². The van der Waals surface area contributed by atoms with E-state index in [9.17, 15) is 0 Å². The van der Waals surface area contributed by atoms with Gasteiger partial charge < -0.3 is 9.84 Å². The molecule has 4 nitrogen and oxygen atoms in total. The molecule has 1 N–H and O–H groups in total. The van der Waals surface area contributed by atoms with Crippen molar-refractivity contribution < 1.29 is 4.52 Å². The Labute approximate surface area is 89.9 Å². The van der Waals surface area contributed by atoms with Gasteiger partial charge in [0.2, 0.25) is 5.89 Å². The van der Waals surface area contributed by atoms with Crippen molar-refractivity contribution in [1.29, 1.82) is 0 Å². The van der Waals surface area contributed by atoms with Crippen LogP contribution in [0.5, 0.6) is 0 Å². The lowest BCUT2D eigenvalue weighted by Crippen LogP contribution is -2.37. The lowest BCUT2D eigenvalue weighted by Gasteiger charge is -2.30. The maximum Gasteiger partial charge on any atom is 0.232 e. The Hall–Kier alpha value is -0.610. The molecule has 0 saturated carbocycles. The Bertz CT molecular complexity index is 294. The zero-order valence-electron chi connectivity index (χ0n) is 8.54. The van der Waals surface area contributed by atoms with Gasteiger partial charge in [0.15, 0.2) is 5.82 Å². The number of nitrogens with zero attached hydrogens (tertiary/aromatic N) is 2. The number of hydrogen-bond acceptors (Lipinski definition) is 4. The summed E-state index contributed by atoms with van der Waals surface area (Å²) in [4.78, 5) is 4.30. The van der Waals surface area contributed by atoms with Crippen molar-refractivity contribution in [3.8, 4) is 0 Å². The van der Waals surface area contributed by atoms with Gasteiger partial charge in [0.05, 0.1) is 0 Å². The maximum absolute atomic E-state index is 5.22. The molecular weight excluding hydrogens is 202 g/mol. The summed E-state index contributed by atoms with van der Waals surface area (Å²) in [6.07, 6.45) is 2.16. The number of nitrogens with one attached hydrogen (secondary N) is 1. The summed E-state index contributed by atoms with van der Waals surface area (Å²) >= 11 is 0. The fourth-order valence-electron chi connectivity index (χ4n) is 1.73. The largest absolute Gasteiger partial charge is 0.339 e. The van der Waals surface area contributed by atoms with Crippen LogP contribution in [0.1, 0.15) is 31.5 Å². The first-order valence-electron chi connectivity index (χ1n) is 4.72. The zero-order valence-corrected chi connectivity index (χ0v) is 9.36. The van der Waals surface area contributed by atoms with Crippen LogP contribution in [0.25, 0.3) is 0 Å². The predicted molar refractivity (Wildman–Crippen MR) is 55.7 cm³/mol. The fraction of sp³-hybridized carbons (Fsp3) is 0.778. The number of aromatic nitrogens is 2. The Kier molecular flexibility index (Phi) is 3.50. The Morgan fingerprint density at radius 1 is 1.36 bits per heavy atom. The van der Waals surface area contributed by atoms with E-state index in [-0.39, 0.29) is 17.8 Å². The molecule has 2 rings (SSSR count). The zero-order chi connectivity index (χ0) is 9.31. The van der Waals surface area contributed by atoms with Gasteiger partial charge in [-0.3, -0.25) is 0 Å². The molecule has 2 heterocycles. The quantitative estimate of drug-likeness (QED) is 0.774. The van der Waals surface area contributed by atoms with Crippen LogP contribution in [0.15, 0.2) is 4.52 Å². The minimum atomic E-state index is 0. The molecule has 0 aromatic carbocycles. The first-order valence-corrected chi connectivity index (χ1v) is 4.72. The molecule has 1 aromatic rings. The summed E-state index contributed by atoms with van der Waals surface area (Å²) < 4.78 is 5.22. The SMILES string of the molecule is Cc1noc(C2(C)CCNCC2)n1.Cl. The first kappa shape index (κ1) is 11.5. The summed E-state index contributed by atoms with van der Waals surface area (Å²) in [6, 6.07) is 0. The van der Waals surface area contributed by atoms with E-state index >= 15 is 0 Å². The van der Waals surface area contributed by atoms with E-state index in [1.54, 1.807) is 0 Å². The number of aryl methyl sites for hydroxylation is 1.